The zero-order chi connectivity index (χ0) is 42.8. The monoisotopic (exact) mass is 815 g/mol. The highest BCUT2D eigenvalue weighted by Crippen LogP contribution is 2.53. The Labute approximate surface area is 369 Å². The minimum Gasteiger partial charge on any atom is -0.309 e. The van der Waals surface area contributed by atoms with Crippen molar-refractivity contribution in [3.8, 4) is 51.5 Å². The number of nitriles is 2. The molecule has 0 N–H and O–H groups in total. The third kappa shape index (κ3) is 4.65. The van der Waals surface area contributed by atoms with Gasteiger partial charge in [-0.05, 0) is 65.2 Å². The summed E-state index contributed by atoms with van der Waals surface area (Å²) in [6, 6.07) is 71.3. The summed E-state index contributed by atoms with van der Waals surface area (Å²) in [5.74, 6) is 0. The summed E-state index contributed by atoms with van der Waals surface area (Å²) in [7, 11) is 0. The van der Waals surface area contributed by atoms with Gasteiger partial charge in [-0.1, -0.05) is 153 Å². The maximum absolute atomic E-state index is 11.5. The van der Waals surface area contributed by atoms with Crippen molar-refractivity contribution in [3.05, 3.63) is 210 Å². The highest BCUT2D eigenvalue weighted by atomic mass is 15.0. The number of rotatable bonds is 4. The van der Waals surface area contributed by atoms with Crippen LogP contribution in [0.2, 0.25) is 0 Å². The van der Waals surface area contributed by atoms with Gasteiger partial charge in [-0.15, -0.1) is 0 Å². The van der Waals surface area contributed by atoms with E-state index in [0.717, 1.165) is 88.2 Å². The Morgan fingerprint density at radius 1 is 0.406 bits per heavy atom. The Kier molecular flexibility index (Phi) is 7.43. The Morgan fingerprint density at radius 2 is 1.00 bits per heavy atom. The number of para-hydroxylation sites is 5. The molecule has 3 heterocycles. The van der Waals surface area contributed by atoms with Crippen LogP contribution >= 0.6 is 0 Å². The van der Waals surface area contributed by atoms with E-state index in [1.54, 1.807) is 0 Å². The quantitative estimate of drug-likeness (QED) is 0.178. The van der Waals surface area contributed by atoms with E-state index in [0.29, 0.717) is 11.1 Å². The van der Waals surface area contributed by atoms with Gasteiger partial charge in [0.1, 0.15) is 12.1 Å². The topological polar surface area (TPSA) is 62.4 Å². The molecule has 298 valence electrons. The molecule has 0 atom stereocenters. The molecule has 9 aromatic carbocycles. The van der Waals surface area contributed by atoms with Crippen LogP contribution in [0.25, 0.3) is 105 Å². The van der Waals surface area contributed by atoms with Crippen LogP contribution in [0.1, 0.15) is 36.1 Å². The van der Waals surface area contributed by atoms with E-state index in [1.807, 2.05) is 18.2 Å². The molecule has 12 aromatic rings. The van der Waals surface area contributed by atoms with Gasteiger partial charge in [-0.25, -0.2) is 0 Å². The lowest BCUT2D eigenvalue weighted by atomic mass is 9.82. The van der Waals surface area contributed by atoms with Crippen molar-refractivity contribution in [3.63, 3.8) is 0 Å². The summed E-state index contributed by atoms with van der Waals surface area (Å²) in [6.45, 7) is 4.62. The van der Waals surface area contributed by atoms with Gasteiger partial charge in [0.05, 0.1) is 55.6 Å². The Hall–Kier alpha value is -8.64. The van der Waals surface area contributed by atoms with Gasteiger partial charge in [0.2, 0.25) is 0 Å². The molecule has 3 aromatic heterocycles. The molecule has 0 unspecified atom stereocenters. The summed E-state index contributed by atoms with van der Waals surface area (Å²) < 4.78 is 6.95. The maximum Gasteiger partial charge on any atom is 0.102 e. The number of hydrogen-bond donors (Lipinski definition) is 0. The number of aromatic nitrogens is 3. The smallest absolute Gasteiger partial charge is 0.102 e. The summed E-state index contributed by atoms with van der Waals surface area (Å²) in [5.41, 5.74) is 16.4. The number of nitrogens with zero attached hydrogens (tertiary/aromatic N) is 5. The molecule has 5 heteroatoms. The van der Waals surface area contributed by atoms with E-state index < -0.39 is 0 Å². The average Bonchev–Trinajstić information content (AvgIpc) is 4.04. The Balaban J connectivity index is 1.13. The molecule has 5 nitrogen and oxygen atoms in total. The molecule has 0 amide bonds. The van der Waals surface area contributed by atoms with Crippen LogP contribution in [0.4, 0.5) is 0 Å². The number of hydrogen-bond acceptors (Lipinski definition) is 2. The molecule has 1 aliphatic carbocycles. The lowest BCUT2D eigenvalue weighted by Crippen LogP contribution is -2.14. The van der Waals surface area contributed by atoms with E-state index in [1.165, 1.54) is 27.6 Å². The van der Waals surface area contributed by atoms with Crippen LogP contribution in [0, 0.1) is 22.7 Å². The van der Waals surface area contributed by atoms with Crippen LogP contribution in [0.5, 0.6) is 0 Å². The first kappa shape index (κ1) is 36.1. The second-order valence-corrected chi connectivity index (χ2v) is 17.4. The Bertz CT molecular complexity index is 4070. The van der Waals surface area contributed by atoms with Gasteiger partial charge >= 0.3 is 0 Å². The molecule has 0 fully saturated rings. The van der Waals surface area contributed by atoms with E-state index >= 15 is 0 Å². The maximum atomic E-state index is 11.5. The molecular weight excluding hydrogens is 779 g/mol. The Morgan fingerprint density at radius 3 is 1.75 bits per heavy atom. The fourth-order valence-electron chi connectivity index (χ4n) is 11.2. The summed E-state index contributed by atoms with van der Waals surface area (Å²) >= 11 is 0. The fraction of sp³-hybridized carbons (Fsp3) is 0.0508. The predicted molar refractivity (Wildman–Crippen MR) is 262 cm³/mol. The largest absolute Gasteiger partial charge is 0.309 e. The predicted octanol–water partition coefficient (Wildman–Crippen LogP) is 14.7. The molecule has 13 rings (SSSR count). The molecular formula is C59H37N5. The van der Waals surface area contributed by atoms with Crippen molar-refractivity contribution in [2.24, 2.45) is 0 Å². The van der Waals surface area contributed by atoms with Gasteiger partial charge in [0.25, 0.3) is 0 Å². The fourth-order valence-corrected chi connectivity index (χ4v) is 11.2. The molecule has 0 spiro atoms. The molecule has 0 radical (unpaired) electrons. The SMILES string of the molecule is CC1(C)c2ccccc2-c2c1ccc1c3ccccc3n(-c3cccc(-c4cccc(C#N)c4-n4c5ccccc5c5c4ccc4c6ccccc6n(-c6ccccc6)c45)c3C#N)c21. The van der Waals surface area contributed by atoms with E-state index in [9.17, 15) is 10.5 Å². The van der Waals surface area contributed by atoms with Gasteiger partial charge in [-0.2, -0.15) is 10.5 Å². The molecule has 0 bridgehead atoms. The van der Waals surface area contributed by atoms with E-state index in [2.05, 4.69) is 210 Å². The van der Waals surface area contributed by atoms with Gasteiger partial charge in [-0.3, -0.25) is 0 Å². The van der Waals surface area contributed by atoms with E-state index in [4.69, 9.17) is 0 Å². The van der Waals surface area contributed by atoms with Crippen molar-refractivity contribution in [2.75, 3.05) is 0 Å². The van der Waals surface area contributed by atoms with Gasteiger partial charge in [0.15, 0.2) is 0 Å². The van der Waals surface area contributed by atoms with Crippen molar-refractivity contribution in [2.45, 2.75) is 19.3 Å². The molecule has 0 aliphatic heterocycles. The van der Waals surface area contributed by atoms with Crippen LogP contribution < -0.4 is 0 Å². The van der Waals surface area contributed by atoms with Crippen molar-refractivity contribution in [1.82, 2.24) is 13.7 Å². The highest BCUT2D eigenvalue weighted by molar-refractivity contribution is 6.26. The summed E-state index contributed by atoms with van der Waals surface area (Å²) in [4.78, 5) is 0. The number of fused-ring (bicyclic) bond motifs is 14. The van der Waals surface area contributed by atoms with Crippen molar-refractivity contribution in [1.29, 1.82) is 10.5 Å². The average molecular weight is 816 g/mol. The summed E-state index contributed by atoms with van der Waals surface area (Å²) in [6.07, 6.45) is 0. The molecule has 0 saturated carbocycles. The van der Waals surface area contributed by atoms with Crippen LogP contribution in [0.15, 0.2) is 188 Å². The van der Waals surface area contributed by atoms with Crippen molar-refractivity contribution >= 4 is 65.4 Å². The second kappa shape index (κ2) is 13.2. The van der Waals surface area contributed by atoms with Crippen LogP contribution in [-0.4, -0.2) is 13.7 Å². The lowest BCUT2D eigenvalue weighted by molar-refractivity contribution is 0.661. The standard InChI is InChI=1S/C59H37N5/c1-59(2)47-25-10-6-21-44(47)54-48(59)32-30-42-40-20-8-12-27-50(40)63(57(42)54)52-29-15-23-38(46(52)35-61)41-24-14-16-36(34-60)56(41)64-51-28-13-9-22-45(51)55-53(64)33-31-43-39-19-7-11-26-49(39)62(58(43)55)37-17-4-3-5-18-37/h3-33H,1-2H3. The highest BCUT2D eigenvalue weighted by Gasteiger charge is 2.38. The van der Waals surface area contributed by atoms with Crippen molar-refractivity contribution < 1.29 is 0 Å². The minimum absolute atomic E-state index is 0.197. The van der Waals surface area contributed by atoms with Crippen LogP contribution in [0.3, 0.4) is 0 Å². The van der Waals surface area contributed by atoms with Crippen LogP contribution in [-0.2, 0) is 5.41 Å². The third-order valence-corrected chi connectivity index (χ3v) is 13.9. The summed E-state index contributed by atoms with van der Waals surface area (Å²) in [5, 5.41) is 29.4. The third-order valence-electron chi connectivity index (χ3n) is 13.9. The van der Waals surface area contributed by atoms with Gasteiger partial charge < -0.3 is 13.7 Å². The molecule has 64 heavy (non-hydrogen) atoms. The molecule has 0 saturated heterocycles. The van der Waals surface area contributed by atoms with E-state index in [-0.39, 0.29) is 5.41 Å². The first-order chi connectivity index (χ1) is 31.5. The van der Waals surface area contributed by atoms with Gasteiger partial charge in [0, 0.05) is 60.1 Å². The first-order valence-corrected chi connectivity index (χ1v) is 21.7. The molecule has 1 aliphatic rings. The zero-order valence-electron chi connectivity index (χ0n) is 35.1. The lowest BCUT2D eigenvalue weighted by Gasteiger charge is -2.21. The normalized spacial score (nSPS) is 12.9. The second-order valence-electron chi connectivity index (χ2n) is 17.4. The minimum atomic E-state index is -0.197. The zero-order valence-corrected chi connectivity index (χ0v) is 35.1. The first-order valence-electron chi connectivity index (χ1n) is 21.7. The number of benzene rings is 9.